The summed E-state index contributed by atoms with van der Waals surface area (Å²) in [5.41, 5.74) is 0. The predicted octanol–water partition coefficient (Wildman–Crippen LogP) is 2.25. The lowest BCUT2D eigenvalue weighted by atomic mass is 9.98. The molecule has 1 saturated heterocycles. The Morgan fingerprint density at radius 3 is 2.83 bits per heavy atom. The predicted molar refractivity (Wildman–Crippen MR) is 67.6 cm³/mol. The van der Waals surface area contributed by atoms with Crippen LogP contribution >= 0.6 is 0 Å². The van der Waals surface area contributed by atoms with Crippen molar-refractivity contribution in [1.29, 1.82) is 0 Å². The number of ether oxygens (including phenoxy) is 1. The van der Waals surface area contributed by atoms with Gasteiger partial charge in [0.15, 0.2) is 0 Å². The maximum absolute atomic E-state index is 12.0. The van der Waals surface area contributed by atoms with Crippen molar-refractivity contribution in [1.82, 2.24) is 4.90 Å². The van der Waals surface area contributed by atoms with Crippen LogP contribution < -0.4 is 0 Å². The van der Waals surface area contributed by atoms with E-state index >= 15 is 0 Å². The Balaban J connectivity index is 1.88. The van der Waals surface area contributed by atoms with Crippen LogP contribution in [0.25, 0.3) is 0 Å². The van der Waals surface area contributed by atoms with E-state index in [1.807, 2.05) is 6.08 Å². The second kappa shape index (κ2) is 6.03. The van der Waals surface area contributed by atoms with Gasteiger partial charge in [-0.3, -0.25) is 9.59 Å². The number of allylic oxidation sites excluding steroid dienone is 2. The molecule has 0 radical (unpaired) electrons. The third-order valence-corrected chi connectivity index (χ3v) is 3.68. The van der Waals surface area contributed by atoms with Gasteiger partial charge in [0.25, 0.3) is 0 Å². The van der Waals surface area contributed by atoms with E-state index in [1.165, 1.54) is 6.42 Å². The summed E-state index contributed by atoms with van der Waals surface area (Å²) >= 11 is 0. The molecule has 1 aliphatic heterocycles. The standard InChI is InChI=1S/C14H21NO3/c1-11(16)15-9-5-6-12(10-15)14(17)18-13-7-3-2-4-8-13/h7,12H,2-6,8-10H2,1H3. The van der Waals surface area contributed by atoms with Crippen molar-refractivity contribution >= 4 is 11.9 Å². The van der Waals surface area contributed by atoms with Crippen LogP contribution in [0.5, 0.6) is 0 Å². The van der Waals surface area contributed by atoms with E-state index in [2.05, 4.69) is 0 Å². The third-order valence-electron chi connectivity index (χ3n) is 3.68. The fraction of sp³-hybridized carbons (Fsp3) is 0.714. The second-order valence-electron chi connectivity index (χ2n) is 5.14. The minimum absolute atomic E-state index is 0.0457. The van der Waals surface area contributed by atoms with Crippen molar-refractivity contribution in [2.45, 2.75) is 45.4 Å². The maximum Gasteiger partial charge on any atom is 0.315 e. The van der Waals surface area contributed by atoms with Gasteiger partial charge in [-0.2, -0.15) is 0 Å². The molecule has 1 aliphatic carbocycles. The molecule has 1 unspecified atom stereocenters. The van der Waals surface area contributed by atoms with Crippen molar-refractivity contribution < 1.29 is 14.3 Å². The Hall–Kier alpha value is -1.32. The highest BCUT2D eigenvalue weighted by Gasteiger charge is 2.28. The molecule has 0 spiro atoms. The number of rotatable bonds is 2. The fourth-order valence-electron chi connectivity index (χ4n) is 2.57. The first kappa shape index (κ1) is 13.1. The molecule has 100 valence electrons. The molecule has 2 aliphatic rings. The van der Waals surface area contributed by atoms with Gasteiger partial charge in [-0.25, -0.2) is 0 Å². The Morgan fingerprint density at radius 2 is 2.17 bits per heavy atom. The second-order valence-corrected chi connectivity index (χ2v) is 5.14. The maximum atomic E-state index is 12.0. The van der Waals surface area contributed by atoms with Crippen molar-refractivity contribution in [2.24, 2.45) is 5.92 Å². The molecular weight excluding hydrogens is 230 g/mol. The lowest BCUT2D eigenvalue weighted by molar-refractivity contribution is -0.147. The highest BCUT2D eigenvalue weighted by Crippen LogP contribution is 2.23. The van der Waals surface area contributed by atoms with Crippen LogP contribution in [0.15, 0.2) is 11.8 Å². The number of likely N-dealkylation sites (tertiary alicyclic amines) is 1. The fourth-order valence-corrected chi connectivity index (χ4v) is 2.57. The molecule has 4 nitrogen and oxygen atoms in total. The molecule has 1 amide bonds. The summed E-state index contributed by atoms with van der Waals surface area (Å²) in [4.78, 5) is 25.1. The SMILES string of the molecule is CC(=O)N1CCCC(C(=O)OC2=CCCCC2)C1. The van der Waals surface area contributed by atoms with Crippen LogP contribution in [0.4, 0.5) is 0 Å². The summed E-state index contributed by atoms with van der Waals surface area (Å²) in [5, 5.41) is 0. The molecule has 0 aromatic carbocycles. The van der Waals surface area contributed by atoms with Gasteiger partial charge in [-0.15, -0.1) is 0 Å². The number of esters is 1. The minimum atomic E-state index is -0.158. The number of amides is 1. The van der Waals surface area contributed by atoms with Crippen molar-refractivity contribution in [3.8, 4) is 0 Å². The first-order valence-electron chi connectivity index (χ1n) is 6.83. The number of hydrogen-bond acceptors (Lipinski definition) is 3. The molecule has 4 heteroatoms. The Morgan fingerprint density at radius 1 is 1.33 bits per heavy atom. The van der Waals surface area contributed by atoms with Gasteiger partial charge in [-0.1, -0.05) is 0 Å². The van der Waals surface area contributed by atoms with Gasteiger partial charge < -0.3 is 9.64 Å². The van der Waals surface area contributed by atoms with Gasteiger partial charge in [0.1, 0.15) is 5.76 Å². The summed E-state index contributed by atoms with van der Waals surface area (Å²) in [6.45, 7) is 2.83. The van der Waals surface area contributed by atoms with E-state index < -0.39 is 0 Å². The first-order valence-corrected chi connectivity index (χ1v) is 6.83. The quantitative estimate of drug-likeness (QED) is 0.707. The molecule has 18 heavy (non-hydrogen) atoms. The monoisotopic (exact) mass is 251 g/mol. The zero-order valence-electron chi connectivity index (χ0n) is 11.0. The molecule has 0 saturated carbocycles. The number of carbonyl (C=O) groups excluding carboxylic acids is 2. The molecule has 0 aromatic heterocycles. The van der Waals surface area contributed by atoms with Crippen LogP contribution in [0.3, 0.4) is 0 Å². The molecule has 0 aromatic rings. The molecule has 1 heterocycles. The number of nitrogens with zero attached hydrogens (tertiary/aromatic N) is 1. The highest BCUT2D eigenvalue weighted by atomic mass is 16.5. The molecule has 1 atom stereocenters. The normalized spacial score (nSPS) is 24.4. The largest absolute Gasteiger partial charge is 0.431 e. The zero-order valence-corrected chi connectivity index (χ0v) is 11.0. The van der Waals surface area contributed by atoms with Crippen molar-refractivity contribution in [2.75, 3.05) is 13.1 Å². The molecule has 0 bridgehead atoms. The van der Waals surface area contributed by atoms with E-state index in [4.69, 9.17) is 4.74 Å². The Bertz CT molecular complexity index is 362. The van der Waals surface area contributed by atoms with Crippen LogP contribution in [-0.4, -0.2) is 29.9 Å². The number of hydrogen-bond donors (Lipinski definition) is 0. The van der Waals surface area contributed by atoms with E-state index in [0.717, 1.165) is 44.4 Å². The third kappa shape index (κ3) is 3.34. The number of piperidine rings is 1. The summed E-state index contributed by atoms with van der Waals surface area (Å²) in [6, 6.07) is 0. The molecule has 1 fully saturated rings. The number of carbonyl (C=O) groups is 2. The summed E-state index contributed by atoms with van der Waals surface area (Å²) in [7, 11) is 0. The summed E-state index contributed by atoms with van der Waals surface area (Å²) in [6.07, 6.45) is 7.90. The van der Waals surface area contributed by atoms with Gasteiger partial charge in [0.05, 0.1) is 5.92 Å². The minimum Gasteiger partial charge on any atom is -0.431 e. The van der Waals surface area contributed by atoms with E-state index in [9.17, 15) is 9.59 Å². The van der Waals surface area contributed by atoms with Gasteiger partial charge in [-0.05, 0) is 38.2 Å². The lowest BCUT2D eigenvalue weighted by Gasteiger charge is -2.31. The topological polar surface area (TPSA) is 46.6 Å². The molecular formula is C14H21NO3. The van der Waals surface area contributed by atoms with E-state index in [-0.39, 0.29) is 17.8 Å². The van der Waals surface area contributed by atoms with E-state index in [0.29, 0.717) is 6.54 Å². The van der Waals surface area contributed by atoms with Gasteiger partial charge >= 0.3 is 5.97 Å². The summed E-state index contributed by atoms with van der Waals surface area (Å²) < 4.78 is 5.44. The smallest absolute Gasteiger partial charge is 0.315 e. The van der Waals surface area contributed by atoms with Crippen LogP contribution in [0.2, 0.25) is 0 Å². The lowest BCUT2D eigenvalue weighted by Crippen LogP contribution is -2.41. The van der Waals surface area contributed by atoms with Gasteiger partial charge in [0.2, 0.25) is 5.91 Å². The molecule has 2 rings (SSSR count). The van der Waals surface area contributed by atoms with Crippen LogP contribution in [0.1, 0.15) is 45.4 Å². The summed E-state index contributed by atoms with van der Waals surface area (Å²) in [5.74, 6) is 0.565. The Kier molecular flexibility index (Phi) is 4.39. The average molecular weight is 251 g/mol. The van der Waals surface area contributed by atoms with Crippen molar-refractivity contribution in [3.05, 3.63) is 11.8 Å². The van der Waals surface area contributed by atoms with Crippen molar-refractivity contribution in [3.63, 3.8) is 0 Å². The zero-order chi connectivity index (χ0) is 13.0. The average Bonchev–Trinajstić information content (AvgIpc) is 2.40. The molecule has 0 N–H and O–H groups in total. The van der Waals surface area contributed by atoms with Crippen LogP contribution in [-0.2, 0) is 14.3 Å². The Labute approximate surface area is 108 Å². The van der Waals surface area contributed by atoms with Crippen LogP contribution in [0, 0.1) is 5.92 Å². The van der Waals surface area contributed by atoms with Gasteiger partial charge in [0, 0.05) is 26.4 Å². The highest BCUT2D eigenvalue weighted by molar-refractivity contribution is 5.77. The first-order chi connectivity index (χ1) is 8.66. The van der Waals surface area contributed by atoms with E-state index in [1.54, 1.807) is 11.8 Å².